The molecule has 1 aliphatic rings. The number of thiazole rings is 1. The van der Waals surface area contributed by atoms with Crippen LogP contribution in [0, 0.1) is 5.92 Å². The van der Waals surface area contributed by atoms with Crippen molar-refractivity contribution in [3.8, 4) is 0 Å². The Labute approximate surface area is 142 Å². The van der Waals surface area contributed by atoms with E-state index < -0.39 is 11.9 Å². The van der Waals surface area contributed by atoms with E-state index in [-0.39, 0.29) is 24.0 Å². The molecule has 1 saturated carbocycles. The SMILES string of the molecule is CN=C(NCCc1nc(C(F)(F)F)cs1)NCC1CC1.I. The molecule has 0 aliphatic heterocycles. The predicted octanol–water partition coefficient (Wildman–Crippen LogP) is 2.90. The average Bonchev–Trinajstić information content (AvgIpc) is 3.08. The van der Waals surface area contributed by atoms with Gasteiger partial charge in [0, 0.05) is 31.9 Å². The van der Waals surface area contributed by atoms with Crippen molar-refractivity contribution in [3.05, 3.63) is 16.1 Å². The van der Waals surface area contributed by atoms with Crippen molar-refractivity contribution >= 4 is 41.3 Å². The van der Waals surface area contributed by atoms with Crippen LogP contribution in [0.4, 0.5) is 13.2 Å². The molecule has 0 amide bonds. The van der Waals surface area contributed by atoms with Gasteiger partial charge in [0.1, 0.15) is 0 Å². The van der Waals surface area contributed by atoms with Gasteiger partial charge in [-0.25, -0.2) is 4.98 Å². The summed E-state index contributed by atoms with van der Waals surface area (Å²) in [6, 6.07) is 0. The third-order valence-electron chi connectivity index (χ3n) is 2.95. The van der Waals surface area contributed by atoms with Crippen LogP contribution in [-0.2, 0) is 12.6 Å². The van der Waals surface area contributed by atoms with Crippen LogP contribution in [0.3, 0.4) is 0 Å². The first-order chi connectivity index (χ1) is 9.49. The van der Waals surface area contributed by atoms with Crippen LogP contribution in [0.5, 0.6) is 0 Å². The number of halogens is 4. The number of nitrogens with one attached hydrogen (secondary N) is 2. The van der Waals surface area contributed by atoms with E-state index >= 15 is 0 Å². The summed E-state index contributed by atoms with van der Waals surface area (Å²) in [6.45, 7) is 1.41. The van der Waals surface area contributed by atoms with E-state index in [1.54, 1.807) is 7.05 Å². The molecule has 0 unspecified atom stereocenters. The number of alkyl halides is 3. The fourth-order valence-corrected chi connectivity index (χ4v) is 2.43. The number of hydrogen-bond acceptors (Lipinski definition) is 3. The standard InChI is InChI=1S/C12H17F3N4S.HI/c1-16-11(18-6-8-2-3-8)17-5-4-10-19-9(7-20-10)12(13,14)15;/h7-8H,2-6H2,1H3,(H2,16,17,18);1H. The lowest BCUT2D eigenvalue weighted by Gasteiger charge is -2.10. The van der Waals surface area contributed by atoms with E-state index in [4.69, 9.17) is 0 Å². The van der Waals surface area contributed by atoms with Crippen molar-refractivity contribution in [1.29, 1.82) is 0 Å². The molecular weight excluding hydrogens is 416 g/mol. The van der Waals surface area contributed by atoms with E-state index in [1.807, 2.05) is 0 Å². The van der Waals surface area contributed by atoms with Crippen molar-refractivity contribution in [3.63, 3.8) is 0 Å². The lowest BCUT2D eigenvalue weighted by Crippen LogP contribution is -2.39. The molecule has 120 valence electrons. The van der Waals surface area contributed by atoms with Crippen LogP contribution in [0.1, 0.15) is 23.5 Å². The zero-order valence-electron chi connectivity index (χ0n) is 11.5. The molecule has 21 heavy (non-hydrogen) atoms. The van der Waals surface area contributed by atoms with Gasteiger partial charge in [-0.15, -0.1) is 35.3 Å². The molecule has 1 fully saturated rings. The van der Waals surface area contributed by atoms with Crippen molar-refractivity contribution in [1.82, 2.24) is 15.6 Å². The largest absolute Gasteiger partial charge is 0.434 e. The molecule has 2 N–H and O–H groups in total. The Kier molecular flexibility index (Phi) is 7.17. The van der Waals surface area contributed by atoms with Gasteiger partial charge in [-0.05, 0) is 18.8 Å². The maximum Gasteiger partial charge on any atom is 0.434 e. The lowest BCUT2D eigenvalue weighted by molar-refractivity contribution is -0.140. The fraction of sp³-hybridized carbons (Fsp3) is 0.667. The Morgan fingerprint density at radius 1 is 1.43 bits per heavy atom. The molecular formula is C12H18F3IN4S. The first-order valence-corrected chi connectivity index (χ1v) is 7.33. The molecule has 0 radical (unpaired) electrons. The fourth-order valence-electron chi connectivity index (χ4n) is 1.63. The molecule has 0 spiro atoms. The third kappa shape index (κ3) is 6.37. The van der Waals surface area contributed by atoms with Crippen LogP contribution >= 0.6 is 35.3 Å². The van der Waals surface area contributed by atoms with Crippen LogP contribution in [-0.4, -0.2) is 31.1 Å². The minimum Gasteiger partial charge on any atom is -0.356 e. The summed E-state index contributed by atoms with van der Waals surface area (Å²) in [4.78, 5) is 7.64. The van der Waals surface area contributed by atoms with E-state index in [1.165, 1.54) is 12.8 Å². The van der Waals surface area contributed by atoms with Crippen molar-refractivity contribution in [2.45, 2.75) is 25.4 Å². The second-order valence-electron chi connectivity index (χ2n) is 4.70. The third-order valence-corrected chi connectivity index (χ3v) is 3.86. The van der Waals surface area contributed by atoms with Crippen LogP contribution in [0.2, 0.25) is 0 Å². The smallest absolute Gasteiger partial charge is 0.356 e. The summed E-state index contributed by atoms with van der Waals surface area (Å²) in [5.74, 6) is 1.42. The van der Waals surface area contributed by atoms with Gasteiger partial charge in [-0.3, -0.25) is 4.99 Å². The Morgan fingerprint density at radius 2 is 2.14 bits per heavy atom. The van der Waals surface area contributed by atoms with Gasteiger partial charge >= 0.3 is 6.18 Å². The summed E-state index contributed by atoms with van der Waals surface area (Å²) in [5.41, 5.74) is -0.811. The highest BCUT2D eigenvalue weighted by atomic mass is 127. The summed E-state index contributed by atoms with van der Waals surface area (Å²) in [7, 11) is 1.67. The molecule has 1 aromatic heterocycles. The highest BCUT2D eigenvalue weighted by Gasteiger charge is 2.33. The number of rotatable bonds is 5. The summed E-state index contributed by atoms with van der Waals surface area (Å²) in [5, 5.41) is 7.79. The topological polar surface area (TPSA) is 49.3 Å². The van der Waals surface area contributed by atoms with E-state index in [0.29, 0.717) is 23.9 Å². The van der Waals surface area contributed by atoms with Gasteiger partial charge in [0.05, 0.1) is 5.01 Å². The Bertz CT molecular complexity index is 471. The predicted molar refractivity (Wildman–Crippen MR) is 88.3 cm³/mol. The molecule has 0 atom stereocenters. The van der Waals surface area contributed by atoms with E-state index in [2.05, 4.69) is 20.6 Å². The number of aromatic nitrogens is 1. The van der Waals surface area contributed by atoms with E-state index in [0.717, 1.165) is 29.2 Å². The second-order valence-corrected chi connectivity index (χ2v) is 5.64. The zero-order chi connectivity index (χ0) is 14.6. The van der Waals surface area contributed by atoms with E-state index in [9.17, 15) is 13.2 Å². The summed E-state index contributed by atoms with van der Waals surface area (Å²) >= 11 is 1.03. The molecule has 0 saturated heterocycles. The molecule has 1 heterocycles. The second kappa shape index (κ2) is 8.16. The molecule has 1 aliphatic carbocycles. The normalized spacial score (nSPS) is 15.5. The van der Waals surface area contributed by atoms with Gasteiger partial charge in [-0.2, -0.15) is 13.2 Å². The number of hydrogen-bond donors (Lipinski definition) is 2. The highest BCUT2D eigenvalue weighted by molar-refractivity contribution is 14.0. The van der Waals surface area contributed by atoms with Gasteiger partial charge in [0.25, 0.3) is 0 Å². The van der Waals surface area contributed by atoms with Gasteiger partial charge < -0.3 is 10.6 Å². The van der Waals surface area contributed by atoms with Gasteiger partial charge in [0.15, 0.2) is 11.7 Å². The lowest BCUT2D eigenvalue weighted by atomic mass is 10.4. The van der Waals surface area contributed by atoms with Crippen LogP contribution < -0.4 is 10.6 Å². The maximum atomic E-state index is 12.4. The first kappa shape index (κ1) is 18.5. The zero-order valence-corrected chi connectivity index (χ0v) is 14.7. The van der Waals surface area contributed by atoms with Crippen molar-refractivity contribution in [2.75, 3.05) is 20.1 Å². The molecule has 4 nitrogen and oxygen atoms in total. The van der Waals surface area contributed by atoms with Gasteiger partial charge in [-0.1, -0.05) is 0 Å². The Morgan fingerprint density at radius 3 is 2.67 bits per heavy atom. The van der Waals surface area contributed by atoms with Gasteiger partial charge in [0.2, 0.25) is 0 Å². The average molecular weight is 434 g/mol. The highest BCUT2D eigenvalue weighted by Crippen LogP contribution is 2.30. The van der Waals surface area contributed by atoms with Crippen molar-refractivity contribution in [2.24, 2.45) is 10.9 Å². The Hall–Kier alpha value is -0.580. The van der Waals surface area contributed by atoms with Crippen LogP contribution in [0.25, 0.3) is 0 Å². The van der Waals surface area contributed by atoms with Crippen LogP contribution in [0.15, 0.2) is 10.4 Å². The number of aliphatic imine (C=N–C) groups is 1. The summed E-state index contributed by atoms with van der Waals surface area (Å²) in [6.07, 6.45) is -1.40. The Balaban J connectivity index is 0.00000220. The molecule has 0 bridgehead atoms. The molecule has 2 rings (SSSR count). The summed E-state index contributed by atoms with van der Waals surface area (Å²) < 4.78 is 37.2. The molecule has 1 aromatic rings. The minimum absolute atomic E-state index is 0. The number of guanidine groups is 1. The van der Waals surface area contributed by atoms with Crippen molar-refractivity contribution < 1.29 is 13.2 Å². The first-order valence-electron chi connectivity index (χ1n) is 6.45. The minimum atomic E-state index is -4.36. The quantitative estimate of drug-likeness (QED) is 0.426. The monoisotopic (exact) mass is 434 g/mol. The molecule has 0 aromatic carbocycles. The molecule has 9 heteroatoms. The number of nitrogens with zero attached hydrogens (tertiary/aromatic N) is 2. The maximum absolute atomic E-state index is 12.4.